The number of phenolic OH excluding ortho intramolecular Hbond substituents is 1. The third kappa shape index (κ3) is 5.79. The predicted octanol–water partition coefficient (Wildman–Crippen LogP) is 6.85. The zero-order valence-corrected chi connectivity index (χ0v) is 27.9. The highest BCUT2D eigenvalue weighted by molar-refractivity contribution is 6.12. The normalized spacial score (nSPS) is 17.5. The van der Waals surface area contributed by atoms with Crippen molar-refractivity contribution < 1.29 is 24.2 Å². The molecule has 10 heteroatoms. The maximum Gasteiger partial charge on any atom is 0.264 e. The fraction of sp³-hybridized carbons (Fsp3) is 0.231. The van der Waals surface area contributed by atoms with Gasteiger partial charge in [0.25, 0.3) is 11.8 Å². The van der Waals surface area contributed by atoms with Crippen LogP contribution in [0.15, 0.2) is 97.1 Å². The molecule has 3 aliphatic rings. The van der Waals surface area contributed by atoms with E-state index in [1.807, 2.05) is 59.5 Å². The van der Waals surface area contributed by atoms with Crippen LogP contribution in [0.4, 0.5) is 11.4 Å². The zero-order chi connectivity index (χ0) is 32.9. The van der Waals surface area contributed by atoms with E-state index in [1.54, 1.807) is 35.2 Å². The Balaban J connectivity index is 0.00000378. The van der Waals surface area contributed by atoms with Crippen LogP contribution in [0.5, 0.6) is 17.2 Å². The van der Waals surface area contributed by atoms with Gasteiger partial charge in [0.1, 0.15) is 5.75 Å². The van der Waals surface area contributed by atoms with Crippen molar-refractivity contribution in [1.29, 1.82) is 0 Å². The highest BCUT2D eigenvalue weighted by Crippen LogP contribution is 2.43. The molecule has 49 heavy (non-hydrogen) atoms. The number of fused-ring (bicyclic) bond motifs is 3. The van der Waals surface area contributed by atoms with E-state index in [0.29, 0.717) is 59.1 Å². The molecule has 1 aromatic heterocycles. The predicted molar refractivity (Wildman–Crippen MR) is 190 cm³/mol. The van der Waals surface area contributed by atoms with Crippen molar-refractivity contribution >= 4 is 35.6 Å². The number of carbonyl (C=O) groups is 2. The average Bonchev–Trinajstić information content (AvgIpc) is 3.72. The first-order valence-corrected chi connectivity index (χ1v) is 16.3. The summed E-state index contributed by atoms with van der Waals surface area (Å²) in [6.45, 7) is 3.26. The van der Waals surface area contributed by atoms with Gasteiger partial charge >= 0.3 is 0 Å². The molecular weight excluding hydrogens is 640 g/mol. The van der Waals surface area contributed by atoms with E-state index in [4.69, 9.17) is 15.2 Å². The number of rotatable bonds is 5. The quantitative estimate of drug-likeness (QED) is 0.211. The lowest BCUT2D eigenvalue weighted by Gasteiger charge is -2.35. The molecule has 5 aromatic rings. The second-order valence-electron chi connectivity index (χ2n) is 12.8. The molecule has 9 nitrogen and oxygen atoms in total. The topological polar surface area (TPSA) is 110 Å². The third-order valence-electron chi connectivity index (χ3n) is 9.73. The number of hydrogen-bond donors (Lipinski definition) is 2. The number of hydrogen-bond acceptors (Lipinski definition) is 6. The van der Waals surface area contributed by atoms with Crippen LogP contribution in [0.25, 0.3) is 11.3 Å². The fourth-order valence-electron chi connectivity index (χ4n) is 7.24. The van der Waals surface area contributed by atoms with Gasteiger partial charge < -0.3 is 29.8 Å². The summed E-state index contributed by atoms with van der Waals surface area (Å²) < 4.78 is 13.7. The largest absolute Gasteiger partial charge is 0.508 e. The van der Waals surface area contributed by atoms with Gasteiger partial charge in [-0.3, -0.25) is 14.5 Å². The van der Waals surface area contributed by atoms with E-state index in [2.05, 4.69) is 23.6 Å². The standard InChI is InChI=1S/C39H36N4O5.ClH/c1-24-17-25-7-5-6-8-26(25)22-42(24)38(45)32-21-37-36(47-23-48-37)20-31(32)35-19-33(34-18-27(40)15-16-41(34)35)39(46)43(28-9-3-2-4-10-28)29-11-13-30(44)14-12-29;/h2-14,19-21,24,27,44H,15-18,22-23,40H2,1H3;1H/t24-,27?;/m1./s1. The van der Waals surface area contributed by atoms with Gasteiger partial charge in [-0.15, -0.1) is 12.4 Å². The van der Waals surface area contributed by atoms with Crippen LogP contribution in [0, 0.1) is 0 Å². The first kappa shape index (κ1) is 32.3. The first-order valence-electron chi connectivity index (χ1n) is 16.3. The van der Waals surface area contributed by atoms with Gasteiger partial charge in [0.15, 0.2) is 11.5 Å². The molecule has 2 amide bonds. The van der Waals surface area contributed by atoms with Crippen molar-refractivity contribution in [2.75, 3.05) is 11.7 Å². The van der Waals surface area contributed by atoms with Crippen LogP contribution in [0.3, 0.4) is 0 Å². The monoisotopic (exact) mass is 676 g/mol. The number of aromatic hydroxyl groups is 1. The van der Waals surface area contributed by atoms with E-state index in [-0.39, 0.29) is 48.8 Å². The highest BCUT2D eigenvalue weighted by Gasteiger charge is 2.35. The van der Waals surface area contributed by atoms with E-state index >= 15 is 0 Å². The number of halogens is 1. The number of ether oxygens (including phenoxy) is 2. The van der Waals surface area contributed by atoms with Crippen LogP contribution in [-0.2, 0) is 25.9 Å². The van der Waals surface area contributed by atoms with Crippen molar-refractivity contribution in [2.45, 2.75) is 51.4 Å². The van der Waals surface area contributed by atoms with Crippen LogP contribution < -0.4 is 20.1 Å². The van der Waals surface area contributed by atoms with Gasteiger partial charge in [-0.05, 0) is 85.5 Å². The number of anilines is 2. The number of nitrogens with zero attached hydrogens (tertiary/aromatic N) is 3. The molecule has 250 valence electrons. The second kappa shape index (κ2) is 13.0. The molecule has 0 radical (unpaired) electrons. The molecule has 3 aliphatic heterocycles. The van der Waals surface area contributed by atoms with Crippen LogP contribution in [0.1, 0.15) is 50.9 Å². The maximum atomic E-state index is 14.8. The summed E-state index contributed by atoms with van der Waals surface area (Å²) in [4.78, 5) is 32.9. The molecular formula is C39H37ClN4O5. The highest BCUT2D eigenvalue weighted by atomic mass is 35.5. The minimum Gasteiger partial charge on any atom is -0.508 e. The molecule has 0 fully saturated rings. The van der Waals surface area contributed by atoms with Crippen LogP contribution in [-0.4, -0.2) is 45.3 Å². The molecule has 3 N–H and O–H groups in total. The number of benzene rings is 4. The lowest BCUT2D eigenvalue weighted by atomic mass is 9.93. The van der Waals surface area contributed by atoms with Crippen molar-refractivity contribution in [3.05, 3.63) is 125 Å². The van der Waals surface area contributed by atoms with Gasteiger partial charge in [0, 0.05) is 59.9 Å². The minimum absolute atomic E-state index is 0. The van der Waals surface area contributed by atoms with Crippen LogP contribution in [0.2, 0.25) is 0 Å². The summed E-state index contributed by atoms with van der Waals surface area (Å²) in [5.41, 5.74) is 13.5. The van der Waals surface area contributed by atoms with Crippen molar-refractivity contribution in [2.24, 2.45) is 5.73 Å². The first-order chi connectivity index (χ1) is 23.4. The van der Waals surface area contributed by atoms with Crippen LogP contribution >= 0.6 is 12.4 Å². The molecule has 8 rings (SSSR count). The molecule has 0 aliphatic carbocycles. The Hall–Kier alpha value is -5.25. The number of nitrogens with two attached hydrogens (primary N) is 1. The smallest absolute Gasteiger partial charge is 0.264 e. The minimum atomic E-state index is -0.231. The van der Waals surface area contributed by atoms with Gasteiger partial charge in [0.05, 0.1) is 11.1 Å². The van der Waals surface area contributed by atoms with Crippen molar-refractivity contribution in [1.82, 2.24) is 9.47 Å². The maximum absolute atomic E-state index is 14.8. The van der Waals surface area contributed by atoms with Gasteiger partial charge in [-0.1, -0.05) is 42.5 Å². The second-order valence-corrected chi connectivity index (χ2v) is 12.8. The summed E-state index contributed by atoms with van der Waals surface area (Å²) in [6, 6.07) is 29.7. The Morgan fingerprint density at radius 3 is 2.27 bits per heavy atom. The Kier molecular flexibility index (Phi) is 8.56. The van der Waals surface area contributed by atoms with Gasteiger partial charge in [-0.2, -0.15) is 0 Å². The Morgan fingerprint density at radius 2 is 1.51 bits per heavy atom. The lowest BCUT2D eigenvalue weighted by molar-refractivity contribution is 0.0658. The Labute approximate surface area is 290 Å². The Bertz CT molecular complexity index is 2040. The molecule has 0 bridgehead atoms. The molecule has 0 saturated heterocycles. The Morgan fingerprint density at radius 1 is 0.837 bits per heavy atom. The van der Waals surface area contributed by atoms with E-state index < -0.39 is 0 Å². The van der Waals surface area contributed by atoms with Crippen molar-refractivity contribution in [3.63, 3.8) is 0 Å². The number of aromatic nitrogens is 1. The molecule has 1 unspecified atom stereocenters. The van der Waals surface area contributed by atoms with Crippen molar-refractivity contribution in [3.8, 4) is 28.5 Å². The van der Waals surface area contributed by atoms with E-state index in [1.165, 1.54) is 5.56 Å². The summed E-state index contributed by atoms with van der Waals surface area (Å²) in [6.07, 6.45) is 2.01. The summed E-state index contributed by atoms with van der Waals surface area (Å²) in [7, 11) is 0. The summed E-state index contributed by atoms with van der Waals surface area (Å²) >= 11 is 0. The van der Waals surface area contributed by atoms with Gasteiger partial charge in [0.2, 0.25) is 6.79 Å². The lowest BCUT2D eigenvalue weighted by Crippen LogP contribution is -2.42. The van der Waals surface area contributed by atoms with Gasteiger partial charge in [-0.25, -0.2) is 0 Å². The number of carbonyl (C=O) groups excluding carboxylic acids is 2. The molecule has 4 aromatic carbocycles. The van der Waals surface area contributed by atoms with E-state index in [9.17, 15) is 14.7 Å². The zero-order valence-electron chi connectivity index (χ0n) is 27.0. The number of phenols is 1. The van der Waals surface area contributed by atoms with E-state index in [0.717, 1.165) is 29.8 Å². The molecule has 0 spiro atoms. The summed E-state index contributed by atoms with van der Waals surface area (Å²) in [5.74, 6) is 0.866. The summed E-state index contributed by atoms with van der Waals surface area (Å²) in [5, 5.41) is 10.0. The number of amides is 2. The average molecular weight is 677 g/mol. The molecule has 2 atom stereocenters. The third-order valence-corrected chi connectivity index (χ3v) is 9.73. The fourth-order valence-corrected chi connectivity index (χ4v) is 7.24. The number of para-hydroxylation sites is 1. The SMILES string of the molecule is C[C@@H]1Cc2ccccc2CN1C(=O)c1cc2c(cc1-c1cc(C(=O)N(c3ccccc3)c3ccc(O)cc3)c3n1CCC(N)C3)OCO2.Cl. The molecule has 4 heterocycles. The molecule has 0 saturated carbocycles.